The second-order valence-electron chi connectivity index (χ2n) is 13.3. The number of ether oxygens (including phenoxy) is 1. The zero-order valence-corrected chi connectivity index (χ0v) is 27.9. The van der Waals surface area contributed by atoms with E-state index in [9.17, 15) is 22.8 Å². The number of fused-ring (bicyclic) bond motifs is 3. The lowest BCUT2D eigenvalue weighted by atomic mass is 10.1. The molecule has 2 saturated carbocycles. The number of hydrogen-bond donors (Lipinski definition) is 2. The third kappa shape index (κ3) is 7.36. The van der Waals surface area contributed by atoms with Crippen molar-refractivity contribution in [3.8, 4) is 17.2 Å². The van der Waals surface area contributed by atoms with Crippen molar-refractivity contribution in [2.24, 2.45) is 17.6 Å². The molecule has 3 aromatic heterocycles. The number of pyridine rings is 1. The molecule has 49 heavy (non-hydrogen) atoms. The van der Waals surface area contributed by atoms with Crippen LogP contribution >= 0.6 is 0 Å². The van der Waals surface area contributed by atoms with Crippen molar-refractivity contribution in [3.63, 3.8) is 0 Å². The fraction of sp³-hybridized carbons (Fsp3) is 0.444. The summed E-state index contributed by atoms with van der Waals surface area (Å²) in [6.45, 7) is 0.226. The fourth-order valence-corrected chi connectivity index (χ4v) is 7.97. The van der Waals surface area contributed by atoms with Crippen molar-refractivity contribution in [1.29, 1.82) is 0 Å². The van der Waals surface area contributed by atoms with E-state index < -0.39 is 33.3 Å². The molecule has 0 radical (unpaired) electrons. The van der Waals surface area contributed by atoms with Gasteiger partial charge < -0.3 is 24.2 Å². The summed E-state index contributed by atoms with van der Waals surface area (Å²) >= 11 is 0. The molecule has 3 aliphatic rings. The lowest BCUT2D eigenvalue weighted by molar-refractivity contribution is -0.137. The molecule has 1 aliphatic heterocycles. The Morgan fingerprint density at radius 2 is 1.88 bits per heavy atom. The fourth-order valence-electron chi connectivity index (χ4n) is 6.61. The largest absolute Gasteiger partial charge is 0.484 e. The highest BCUT2D eigenvalue weighted by atomic mass is 32.2. The summed E-state index contributed by atoms with van der Waals surface area (Å²) in [6.07, 6.45) is 11.9. The van der Waals surface area contributed by atoms with Gasteiger partial charge in [0.2, 0.25) is 27.7 Å². The van der Waals surface area contributed by atoms with Gasteiger partial charge in [0.05, 0.1) is 18.1 Å². The van der Waals surface area contributed by atoms with E-state index in [1.54, 1.807) is 18.4 Å². The van der Waals surface area contributed by atoms with Gasteiger partial charge in [-0.25, -0.2) is 13.4 Å². The molecular weight excluding hydrogens is 648 g/mol. The number of benzene rings is 1. The molecule has 4 heterocycles. The Labute approximate surface area is 284 Å². The van der Waals surface area contributed by atoms with Crippen LogP contribution in [-0.4, -0.2) is 60.0 Å². The van der Waals surface area contributed by atoms with Gasteiger partial charge in [-0.3, -0.25) is 19.1 Å². The number of hydrogen-bond acceptors (Lipinski definition) is 9. The first kappa shape index (κ1) is 32.9. The highest BCUT2D eigenvalue weighted by Gasteiger charge is 2.45. The highest BCUT2D eigenvalue weighted by molar-refractivity contribution is 7.90. The Bertz CT molecular complexity index is 2000. The predicted octanol–water partition coefficient (Wildman–Crippen LogP) is 5.22. The molecule has 0 spiro atoms. The van der Waals surface area contributed by atoms with E-state index in [4.69, 9.17) is 24.3 Å². The molecule has 7 rings (SSSR count). The lowest BCUT2D eigenvalue weighted by Gasteiger charge is -2.22. The van der Waals surface area contributed by atoms with E-state index in [0.29, 0.717) is 66.0 Å². The zero-order chi connectivity index (χ0) is 34.1. The van der Waals surface area contributed by atoms with Gasteiger partial charge in [-0.1, -0.05) is 37.1 Å². The number of nitrogens with one attached hydrogen (secondary N) is 1. The molecule has 258 valence electrons. The summed E-state index contributed by atoms with van der Waals surface area (Å²) in [5.74, 6) is -0.217. The van der Waals surface area contributed by atoms with Crippen molar-refractivity contribution in [2.45, 2.75) is 81.6 Å². The molecule has 13 heteroatoms. The molecule has 2 aliphatic carbocycles. The molecule has 0 unspecified atom stereocenters. The van der Waals surface area contributed by atoms with E-state index in [2.05, 4.69) is 10.8 Å². The van der Waals surface area contributed by atoms with Gasteiger partial charge in [-0.2, -0.15) is 0 Å². The summed E-state index contributed by atoms with van der Waals surface area (Å²) in [5, 5.41) is 0.436. The minimum Gasteiger partial charge on any atom is -0.484 e. The van der Waals surface area contributed by atoms with Crippen LogP contribution in [0.5, 0.6) is 5.75 Å². The number of unbranched alkanes of at least 4 members (excludes halogenated alkanes) is 4. The molecule has 4 atom stereocenters. The van der Waals surface area contributed by atoms with Gasteiger partial charge in [0.15, 0.2) is 17.1 Å². The van der Waals surface area contributed by atoms with Crippen LogP contribution in [0.25, 0.3) is 33.5 Å². The minimum absolute atomic E-state index is 0.0971. The molecule has 12 nitrogen and oxygen atoms in total. The summed E-state index contributed by atoms with van der Waals surface area (Å²) in [6, 6.07) is 12.2. The second-order valence-corrected chi connectivity index (χ2v) is 15.3. The number of sulfonamides is 1. The number of aromatic nitrogens is 1. The standard InChI is InChI=1S/C36H40N4O8S/c37-35(42)28-19-23(47-31-20-27(30-13-9-17-46-30)38-33-25-11-7-8-12-29(25)48-34(31)33)21-40(28)32(41)14-6-4-2-1-3-5-10-22-18-26(22)36(43)39-49(44,45)24-15-16-24/h5,7-13,17,20,22-24,26,28H,1-4,6,14-16,18-19,21H2,(H2,37,42)(H,39,43)/b10-5-/t22-,23-,26+,28+/m1/s1. The van der Waals surface area contributed by atoms with Crippen LogP contribution in [0.2, 0.25) is 0 Å². The maximum Gasteiger partial charge on any atom is 0.240 e. The molecule has 3 fully saturated rings. The average molecular weight is 689 g/mol. The number of nitrogens with zero attached hydrogens (tertiary/aromatic N) is 2. The van der Waals surface area contributed by atoms with E-state index in [1.165, 1.54) is 4.90 Å². The maximum atomic E-state index is 13.3. The van der Waals surface area contributed by atoms with Crippen molar-refractivity contribution in [3.05, 3.63) is 60.9 Å². The maximum absolute atomic E-state index is 13.3. The molecule has 4 aromatic rings. The summed E-state index contributed by atoms with van der Waals surface area (Å²) in [4.78, 5) is 44.2. The number of nitrogens with two attached hydrogens (primary N) is 1. The predicted molar refractivity (Wildman–Crippen MR) is 181 cm³/mol. The first-order valence-corrected chi connectivity index (χ1v) is 18.6. The number of rotatable bonds is 15. The van der Waals surface area contributed by atoms with Crippen LogP contribution in [0, 0.1) is 11.8 Å². The molecule has 1 saturated heterocycles. The second kappa shape index (κ2) is 13.7. The van der Waals surface area contributed by atoms with Crippen LogP contribution in [0.15, 0.2) is 69.7 Å². The minimum atomic E-state index is -3.50. The van der Waals surface area contributed by atoms with Crippen molar-refractivity contribution >= 4 is 49.8 Å². The Kier molecular flexibility index (Phi) is 9.19. The lowest BCUT2D eigenvalue weighted by Crippen LogP contribution is -2.43. The van der Waals surface area contributed by atoms with Crippen molar-refractivity contribution in [2.75, 3.05) is 6.54 Å². The van der Waals surface area contributed by atoms with Gasteiger partial charge >= 0.3 is 0 Å². The summed E-state index contributed by atoms with van der Waals surface area (Å²) in [5.41, 5.74) is 8.10. The van der Waals surface area contributed by atoms with Crippen molar-refractivity contribution < 1.29 is 36.4 Å². The highest BCUT2D eigenvalue weighted by Crippen LogP contribution is 2.41. The van der Waals surface area contributed by atoms with Crippen LogP contribution < -0.4 is 15.2 Å². The number of allylic oxidation sites excluding steroid dienone is 2. The van der Waals surface area contributed by atoms with Gasteiger partial charge in [0.25, 0.3) is 0 Å². The Hall–Kier alpha value is -4.65. The molecule has 3 amide bonds. The van der Waals surface area contributed by atoms with Crippen LogP contribution in [0.1, 0.15) is 64.2 Å². The summed E-state index contributed by atoms with van der Waals surface area (Å²) < 4.78 is 44.4. The third-order valence-electron chi connectivity index (χ3n) is 9.55. The number of carbonyl (C=O) groups is 3. The average Bonchev–Trinajstić information content (AvgIpc) is 3.93. The SMILES string of the molecule is NC(=O)[C@@H]1C[C@@H](Oc2cc(-c3ccco3)nc3c2oc2ccccc23)CN1C(=O)CCCCCC/C=C\[C@@H]1C[C@@H]1C(=O)NS(=O)(=O)C1CC1. The van der Waals surface area contributed by atoms with Crippen LogP contribution in [0.3, 0.4) is 0 Å². The van der Waals surface area contributed by atoms with Crippen LogP contribution in [-0.2, 0) is 24.4 Å². The number of para-hydroxylation sites is 1. The van der Waals surface area contributed by atoms with Gasteiger partial charge in [0, 0.05) is 30.2 Å². The normalized spacial score (nSPS) is 22.2. The Morgan fingerprint density at radius 1 is 1.06 bits per heavy atom. The van der Waals surface area contributed by atoms with Gasteiger partial charge in [-0.15, -0.1) is 0 Å². The van der Waals surface area contributed by atoms with Gasteiger partial charge in [-0.05, 0) is 68.7 Å². The number of furan rings is 2. The number of likely N-dealkylation sites (tertiary alicyclic amines) is 1. The van der Waals surface area contributed by atoms with Crippen LogP contribution in [0.4, 0.5) is 0 Å². The first-order valence-electron chi connectivity index (χ1n) is 17.0. The third-order valence-corrected chi connectivity index (χ3v) is 11.4. The van der Waals surface area contributed by atoms with E-state index in [0.717, 1.165) is 31.1 Å². The van der Waals surface area contributed by atoms with E-state index in [1.807, 2.05) is 36.4 Å². The van der Waals surface area contributed by atoms with Crippen molar-refractivity contribution in [1.82, 2.24) is 14.6 Å². The monoisotopic (exact) mass is 688 g/mol. The quantitative estimate of drug-likeness (QED) is 0.125. The van der Waals surface area contributed by atoms with Gasteiger partial charge in [0.1, 0.15) is 28.9 Å². The summed E-state index contributed by atoms with van der Waals surface area (Å²) in [7, 11) is -3.50. The zero-order valence-electron chi connectivity index (χ0n) is 27.1. The molecule has 1 aromatic carbocycles. The molecule has 0 bridgehead atoms. The van der Waals surface area contributed by atoms with E-state index >= 15 is 0 Å². The topological polar surface area (TPSA) is 175 Å². The molecular formula is C36H40N4O8S. The molecule has 3 N–H and O–H groups in total. The van der Waals surface area contributed by atoms with E-state index in [-0.39, 0.29) is 36.6 Å². The number of primary amides is 1. The first-order chi connectivity index (χ1) is 23.7. The Morgan fingerprint density at radius 3 is 2.65 bits per heavy atom. The number of carbonyl (C=O) groups excluding carboxylic acids is 3. The smallest absolute Gasteiger partial charge is 0.240 e. The number of amides is 3. The Balaban J connectivity index is 0.888.